The van der Waals surface area contributed by atoms with E-state index in [1.807, 2.05) is 0 Å². The molecule has 0 saturated carbocycles. The number of rotatable bonds is 1. The summed E-state index contributed by atoms with van der Waals surface area (Å²) in [5.41, 5.74) is 0. The summed E-state index contributed by atoms with van der Waals surface area (Å²) in [6, 6.07) is 0. The van der Waals surface area contributed by atoms with Crippen LogP contribution in [0.4, 0.5) is 13.2 Å². The Balaban J connectivity index is 0.000000265. The predicted octanol–water partition coefficient (Wildman–Crippen LogP) is 0.612. The third-order valence-corrected chi connectivity index (χ3v) is 1.90. The van der Waals surface area contributed by atoms with Gasteiger partial charge in [0.05, 0.1) is 0 Å². The quantitative estimate of drug-likeness (QED) is 0.616. The minimum atomic E-state index is -5.08. The molecule has 0 aromatic carbocycles. The van der Waals surface area contributed by atoms with Crippen LogP contribution in [0.2, 0.25) is 0 Å². The fourth-order valence-corrected chi connectivity index (χ4v) is 1.08. The maximum Gasteiger partial charge on any atom is 0.490 e. The SMILES string of the molecule is O=C(O)C(F)(F)F.OCC1CCCNC1. The van der Waals surface area contributed by atoms with Crippen LogP contribution in [0.1, 0.15) is 12.8 Å². The summed E-state index contributed by atoms with van der Waals surface area (Å²) in [5, 5.41) is 19.0. The summed E-state index contributed by atoms with van der Waals surface area (Å²) in [4.78, 5) is 8.90. The molecule has 4 nitrogen and oxygen atoms in total. The molecule has 1 heterocycles. The minimum Gasteiger partial charge on any atom is -0.475 e. The number of hydrogen-bond donors (Lipinski definition) is 3. The Morgan fingerprint density at radius 1 is 1.47 bits per heavy atom. The van der Waals surface area contributed by atoms with Crippen molar-refractivity contribution in [1.82, 2.24) is 5.32 Å². The van der Waals surface area contributed by atoms with Gasteiger partial charge in [-0.1, -0.05) is 0 Å². The standard InChI is InChI=1S/C6H13NO.C2HF3O2/c8-5-6-2-1-3-7-4-6;3-2(4,5)1(6)7/h6-8H,1-5H2;(H,6,7). The van der Waals surface area contributed by atoms with Gasteiger partial charge in [0, 0.05) is 13.2 Å². The van der Waals surface area contributed by atoms with E-state index in [2.05, 4.69) is 5.32 Å². The van der Waals surface area contributed by atoms with E-state index in [1.165, 1.54) is 12.8 Å². The molecule has 0 aromatic heterocycles. The number of aliphatic hydroxyl groups excluding tert-OH is 1. The van der Waals surface area contributed by atoms with E-state index in [1.54, 1.807) is 0 Å². The van der Waals surface area contributed by atoms with Crippen molar-refractivity contribution in [3.63, 3.8) is 0 Å². The van der Waals surface area contributed by atoms with Gasteiger partial charge >= 0.3 is 12.1 Å². The van der Waals surface area contributed by atoms with Crippen LogP contribution in [0.5, 0.6) is 0 Å². The normalized spacial score (nSPS) is 21.5. The van der Waals surface area contributed by atoms with Gasteiger partial charge in [-0.3, -0.25) is 0 Å². The lowest BCUT2D eigenvalue weighted by molar-refractivity contribution is -0.192. The third-order valence-electron chi connectivity index (χ3n) is 1.90. The summed E-state index contributed by atoms with van der Waals surface area (Å²) in [5.74, 6) is -2.23. The van der Waals surface area contributed by atoms with Crippen LogP contribution in [-0.2, 0) is 4.79 Å². The Morgan fingerprint density at radius 2 is 2.00 bits per heavy atom. The first-order chi connectivity index (χ1) is 6.88. The van der Waals surface area contributed by atoms with E-state index in [0.717, 1.165) is 13.1 Å². The molecular weight excluding hydrogens is 215 g/mol. The molecule has 1 fully saturated rings. The van der Waals surface area contributed by atoms with E-state index in [9.17, 15) is 13.2 Å². The van der Waals surface area contributed by atoms with Gasteiger partial charge in [0.1, 0.15) is 0 Å². The molecular formula is C8H14F3NO3. The van der Waals surface area contributed by atoms with Gasteiger partial charge < -0.3 is 15.5 Å². The highest BCUT2D eigenvalue weighted by Gasteiger charge is 2.38. The smallest absolute Gasteiger partial charge is 0.475 e. The molecule has 0 aromatic rings. The maximum absolute atomic E-state index is 10.6. The Morgan fingerprint density at radius 3 is 2.20 bits per heavy atom. The maximum atomic E-state index is 10.6. The van der Waals surface area contributed by atoms with E-state index in [-0.39, 0.29) is 0 Å². The van der Waals surface area contributed by atoms with Crippen molar-refractivity contribution in [2.45, 2.75) is 19.0 Å². The molecule has 1 aliphatic heterocycles. The van der Waals surface area contributed by atoms with Crippen LogP contribution in [0.3, 0.4) is 0 Å². The first-order valence-electron chi connectivity index (χ1n) is 4.49. The van der Waals surface area contributed by atoms with Gasteiger partial charge in [-0.25, -0.2) is 4.79 Å². The van der Waals surface area contributed by atoms with Crippen LogP contribution < -0.4 is 5.32 Å². The minimum absolute atomic E-state index is 0.354. The van der Waals surface area contributed by atoms with Gasteiger partial charge in [-0.05, 0) is 25.3 Å². The highest BCUT2D eigenvalue weighted by atomic mass is 19.4. The van der Waals surface area contributed by atoms with Crippen LogP contribution in [0.25, 0.3) is 0 Å². The molecule has 1 aliphatic rings. The topological polar surface area (TPSA) is 69.6 Å². The number of alkyl halides is 3. The lowest BCUT2D eigenvalue weighted by Gasteiger charge is -2.19. The van der Waals surface area contributed by atoms with Crippen molar-refractivity contribution in [3.05, 3.63) is 0 Å². The first-order valence-corrected chi connectivity index (χ1v) is 4.49. The predicted molar refractivity (Wildman–Crippen MR) is 46.4 cm³/mol. The molecule has 0 aliphatic carbocycles. The Labute approximate surface area is 85.1 Å². The average molecular weight is 229 g/mol. The molecule has 7 heteroatoms. The molecule has 1 rings (SSSR count). The van der Waals surface area contributed by atoms with E-state index >= 15 is 0 Å². The van der Waals surface area contributed by atoms with Gasteiger partial charge in [-0.15, -0.1) is 0 Å². The summed E-state index contributed by atoms with van der Waals surface area (Å²) in [7, 11) is 0. The van der Waals surface area contributed by atoms with Crippen molar-refractivity contribution in [2.75, 3.05) is 19.7 Å². The molecule has 1 unspecified atom stereocenters. The summed E-state index contributed by atoms with van der Waals surface area (Å²) in [6.45, 7) is 2.50. The largest absolute Gasteiger partial charge is 0.490 e. The fourth-order valence-electron chi connectivity index (χ4n) is 1.08. The zero-order chi connectivity index (χ0) is 11.9. The van der Waals surface area contributed by atoms with E-state index in [0.29, 0.717) is 12.5 Å². The Bertz CT molecular complexity index is 190. The highest BCUT2D eigenvalue weighted by Crippen LogP contribution is 2.13. The van der Waals surface area contributed by atoms with Gasteiger partial charge in [-0.2, -0.15) is 13.2 Å². The van der Waals surface area contributed by atoms with Crippen molar-refractivity contribution in [1.29, 1.82) is 0 Å². The van der Waals surface area contributed by atoms with Gasteiger partial charge in [0.15, 0.2) is 0 Å². The summed E-state index contributed by atoms with van der Waals surface area (Å²) < 4.78 is 31.7. The second-order valence-corrected chi connectivity index (χ2v) is 3.20. The molecule has 90 valence electrons. The van der Waals surface area contributed by atoms with Crippen LogP contribution in [-0.4, -0.2) is 42.1 Å². The zero-order valence-electron chi connectivity index (χ0n) is 8.05. The number of piperidine rings is 1. The second kappa shape index (κ2) is 6.62. The van der Waals surface area contributed by atoms with Crippen LogP contribution in [0.15, 0.2) is 0 Å². The second-order valence-electron chi connectivity index (χ2n) is 3.20. The Hall–Kier alpha value is -0.820. The number of carboxylic acid groups (broad SMARTS) is 1. The zero-order valence-corrected chi connectivity index (χ0v) is 8.05. The Kier molecular flexibility index (Phi) is 6.26. The van der Waals surface area contributed by atoms with Crippen LogP contribution in [0, 0.1) is 5.92 Å². The fraction of sp³-hybridized carbons (Fsp3) is 0.875. The lowest BCUT2D eigenvalue weighted by Crippen LogP contribution is -2.31. The number of hydrogen-bond acceptors (Lipinski definition) is 3. The van der Waals surface area contributed by atoms with Gasteiger partial charge in [0.25, 0.3) is 0 Å². The van der Waals surface area contributed by atoms with Crippen molar-refractivity contribution >= 4 is 5.97 Å². The first kappa shape index (κ1) is 14.2. The molecule has 0 amide bonds. The molecule has 1 atom stereocenters. The number of aliphatic carboxylic acids is 1. The van der Waals surface area contributed by atoms with Crippen LogP contribution >= 0.6 is 0 Å². The number of halogens is 3. The number of carbonyl (C=O) groups is 1. The number of aliphatic hydroxyl groups is 1. The van der Waals surface area contributed by atoms with Crippen molar-refractivity contribution < 1.29 is 28.2 Å². The average Bonchev–Trinajstić information content (AvgIpc) is 2.18. The molecule has 0 radical (unpaired) electrons. The molecule has 3 N–H and O–H groups in total. The lowest BCUT2D eigenvalue weighted by atomic mass is 10.0. The summed E-state index contributed by atoms with van der Waals surface area (Å²) >= 11 is 0. The molecule has 0 bridgehead atoms. The van der Waals surface area contributed by atoms with Crippen molar-refractivity contribution in [3.8, 4) is 0 Å². The highest BCUT2D eigenvalue weighted by molar-refractivity contribution is 5.73. The number of carboxylic acids is 1. The third kappa shape index (κ3) is 7.15. The summed E-state index contributed by atoms with van der Waals surface area (Å²) in [6.07, 6.45) is -2.66. The number of nitrogens with one attached hydrogen (secondary N) is 1. The van der Waals surface area contributed by atoms with Gasteiger partial charge in [0.2, 0.25) is 0 Å². The van der Waals surface area contributed by atoms with E-state index < -0.39 is 12.1 Å². The molecule has 1 saturated heterocycles. The molecule has 15 heavy (non-hydrogen) atoms. The van der Waals surface area contributed by atoms with E-state index in [4.69, 9.17) is 15.0 Å². The monoisotopic (exact) mass is 229 g/mol. The molecule has 0 spiro atoms. The van der Waals surface area contributed by atoms with Crippen molar-refractivity contribution in [2.24, 2.45) is 5.92 Å².